The number of ether oxygens (including phenoxy) is 1. The number of nitrogens with one attached hydrogen (secondary N) is 1. The highest BCUT2D eigenvalue weighted by atomic mass is 16.5. The van der Waals surface area contributed by atoms with Gasteiger partial charge in [0.05, 0.1) is 12.7 Å². The smallest absolute Gasteiger partial charge is 0.257 e. The predicted molar refractivity (Wildman–Crippen MR) is 129 cm³/mol. The molecule has 7 heteroatoms. The Hall–Kier alpha value is -4.18. The molecule has 4 rings (SSSR count). The Balaban J connectivity index is 1.41. The molecule has 1 aromatic heterocycles. The van der Waals surface area contributed by atoms with E-state index in [-0.39, 0.29) is 17.5 Å². The number of carbonyl (C=O) groups excluding carboxylic acids is 2. The van der Waals surface area contributed by atoms with Crippen molar-refractivity contribution in [3.63, 3.8) is 0 Å². The van der Waals surface area contributed by atoms with Gasteiger partial charge in [-0.1, -0.05) is 18.2 Å². The molecule has 2 heterocycles. The number of piperidine rings is 1. The van der Waals surface area contributed by atoms with Gasteiger partial charge in [0.1, 0.15) is 17.5 Å². The fourth-order valence-corrected chi connectivity index (χ4v) is 4.15. The average molecular weight is 455 g/mol. The fourth-order valence-electron chi connectivity index (χ4n) is 4.15. The molecule has 1 N–H and O–H groups in total. The second-order valence-electron chi connectivity index (χ2n) is 8.37. The van der Waals surface area contributed by atoms with Crippen LogP contribution in [-0.2, 0) is 0 Å². The number of rotatable bonds is 5. The quantitative estimate of drug-likeness (QED) is 0.611. The van der Waals surface area contributed by atoms with Crippen molar-refractivity contribution < 1.29 is 14.3 Å². The third-order valence-corrected chi connectivity index (χ3v) is 6.24. The maximum Gasteiger partial charge on any atom is 0.257 e. The van der Waals surface area contributed by atoms with Gasteiger partial charge in [0, 0.05) is 30.5 Å². The molecular formula is C27H26N4O3. The lowest BCUT2D eigenvalue weighted by atomic mass is 9.89. The lowest BCUT2D eigenvalue weighted by Crippen LogP contribution is -2.38. The number of hydrogen-bond donors (Lipinski definition) is 1. The topological polar surface area (TPSA) is 95.3 Å². The Morgan fingerprint density at radius 1 is 1.06 bits per heavy atom. The monoisotopic (exact) mass is 454 g/mol. The summed E-state index contributed by atoms with van der Waals surface area (Å²) >= 11 is 0. The van der Waals surface area contributed by atoms with Crippen LogP contribution in [0, 0.1) is 18.3 Å². The zero-order valence-electron chi connectivity index (χ0n) is 19.2. The molecule has 1 aliphatic rings. The summed E-state index contributed by atoms with van der Waals surface area (Å²) < 4.78 is 5.24. The lowest BCUT2D eigenvalue weighted by Gasteiger charge is -2.32. The van der Waals surface area contributed by atoms with Crippen LogP contribution in [-0.4, -0.2) is 41.9 Å². The summed E-state index contributed by atoms with van der Waals surface area (Å²) in [5, 5.41) is 11.7. The summed E-state index contributed by atoms with van der Waals surface area (Å²) in [6.45, 7) is 3.24. The summed E-state index contributed by atoms with van der Waals surface area (Å²) in [5.74, 6) is 0.881. The molecule has 0 atom stereocenters. The number of nitriles is 1. The van der Waals surface area contributed by atoms with Crippen LogP contribution in [0.3, 0.4) is 0 Å². The summed E-state index contributed by atoms with van der Waals surface area (Å²) in [4.78, 5) is 31.6. The van der Waals surface area contributed by atoms with Crippen molar-refractivity contribution in [1.29, 1.82) is 5.26 Å². The zero-order valence-corrected chi connectivity index (χ0v) is 19.2. The van der Waals surface area contributed by atoms with Crippen molar-refractivity contribution >= 4 is 17.5 Å². The van der Waals surface area contributed by atoms with Crippen LogP contribution < -0.4 is 10.1 Å². The Kier molecular flexibility index (Phi) is 6.88. The van der Waals surface area contributed by atoms with Crippen LogP contribution in [0.2, 0.25) is 0 Å². The fraction of sp³-hybridized carbons (Fsp3) is 0.259. The molecule has 0 bridgehead atoms. The number of aromatic nitrogens is 1. The number of methoxy groups -OCH3 is 1. The number of likely N-dealkylation sites (tertiary alicyclic amines) is 1. The number of nitrogens with zero attached hydrogens (tertiary/aromatic N) is 3. The first kappa shape index (κ1) is 23.0. The maximum atomic E-state index is 13.2. The molecule has 0 unspecified atom stereocenters. The molecule has 1 saturated heterocycles. The van der Waals surface area contributed by atoms with Gasteiger partial charge in [0.25, 0.3) is 11.8 Å². The van der Waals surface area contributed by atoms with Crippen LogP contribution in [0.5, 0.6) is 5.75 Å². The number of anilines is 1. The van der Waals surface area contributed by atoms with Crippen molar-refractivity contribution in [2.45, 2.75) is 25.7 Å². The van der Waals surface area contributed by atoms with Crippen LogP contribution in [0.25, 0.3) is 0 Å². The first-order chi connectivity index (χ1) is 16.5. The number of carbonyl (C=O) groups is 2. The molecular weight excluding hydrogens is 428 g/mol. The average Bonchev–Trinajstić information content (AvgIpc) is 2.89. The van der Waals surface area contributed by atoms with E-state index < -0.39 is 0 Å². The first-order valence-corrected chi connectivity index (χ1v) is 11.2. The van der Waals surface area contributed by atoms with E-state index in [1.807, 2.05) is 36.1 Å². The van der Waals surface area contributed by atoms with Crippen LogP contribution >= 0.6 is 0 Å². The van der Waals surface area contributed by atoms with Gasteiger partial charge in [0.2, 0.25) is 0 Å². The molecule has 34 heavy (non-hydrogen) atoms. The van der Waals surface area contributed by atoms with Gasteiger partial charge in [-0.25, -0.2) is 4.98 Å². The maximum absolute atomic E-state index is 13.2. The highest BCUT2D eigenvalue weighted by Crippen LogP contribution is 2.30. The highest BCUT2D eigenvalue weighted by molar-refractivity contribution is 6.05. The molecule has 1 fully saturated rings. The van der Waals surface area contributed by atoms with Crippen molar-refractivity contribution in [3.8, 4) is 11.8 Å². The third kappa shape index (κ3) is 5.07. The van der Waals surface area contributed by atoms with Crippen molar-refractivity contribution in [2.75, 3.05) is 25.5 Å². The number of amides is 2. The Labute approximate surface area is 199 Å². The van der Waals surface area contributed by atoms with E-state index in [0.717, 1.165) is 24.2 Å². The number of pyridine rings is 1. The van der Waals surface area contributed by atoms with Gasteiger partial charge in [-0.15, -0.1) is 0 Å². The Morgan fingerprint density at radius 2 is 1.76 bits per heavy atom. The van der Waals surface area contributed by atoms with Gasteiger partial charge in [-0.3, -0.25) is 9.59 Å². The molecule has 0 radical (unpaired) electrons. The summed E-state index contributed by atoms with van der Waals surface area (Å²) in [6.07, 6.45) is 3.17. The normalized spacial score (nSPS) is 13.7. The number of hydrogen-bond acceptors (Lipinski definition) is 5. The minimum Gasteiger partial charge on any atom is -0.497 e. The SMILES string of the molecule is COc1ccc(C2CCN(C(=O)c3ccc(C)c(NC(=O)c4ccc(C#N)nc4)c3)CC2)cc1. The van der Waals surface area contributed by atoms with Crippen LogP contribution in [0.4, 0.5) is 5.69 Å². The lowest BCUT2D eigenvalue weighted by molar-refractivity contribution is 0.0712. The molecule has 0 saturated carbocycles. The zero-order chi connectivity index (χ0) is 24.1. The third-order valence-electron chi connectivity index (χ3n) is 6.24. The van der Waals surface area contributed by atoms with E-state index >= 15 is 0 Å². The molecule has 0 aliphatic carbocycles. The van der Waals surface area contributed by atoms with E-state index in [1.165, 1.54) is 17.8 Å². The second kappa shape index (κ2) is 10.2. The van der Waals surface area contributed by atoms with Crippen molar-refractivity contribution in [2.24, 2.45) is 0 Å². The van der Waals surface area contributed by atoms with E-state index in [4.69, 9.17) is 10.00 Å². The van der Waals surface area contributed by atoms with Gasteiger partial charge in [0.15, 0.2) is 0 Å². The van der Waals surface area contributed by atoms with E-state index in [9.17, 15) is 9.59 Å². The minimum absolute atomic E-state index is 0.0382. The van der Waals surface area contributed by atoms with Crippen LogP contribution in [0.1, 0.15) is 56.3 Å². The Bertz CT molecular complexity index is 1220. The van der Waals surface area contributed by atoms with Crippen LogP contribution in [0.15, 0.2) is 60.8 Å². The molecule has 0 spiro atoms. The standard InChI is InChI=1S/C27H26N4O3/c1-18-3-4-21(15-25(18)30-26(32)22-5-8-23(16-28)29-17-22)27(33)31-13-11-20(12-14-31)19-6-9-24(34-2)10-7-19/h3-10,15,17,20H,11-14H2,1-2H3,(H,30,32). The summed E-state index contributed by atoms with van der Waals surface area (Å²) in [6, 6.07) is 18.5. The van der Waals surface area contributed by atoms with Crippen molar-refractivity contribution in [1.82, 2.24) is 9.88 Å². The van der Waals surface area contributed by atoms with E-state index in [2.05, 4.69) is 22.4 Å². The molecule has 7 nitrogen and oxygen atoms in total. The summed E-state index contributed by atoms with van der Waals surface area (Å²) in [5.41, 5.74) is 3.83. The van der Waals surface area contributed by atoms with Gasteiger partial charge in [-0.05, 0) is 73.2 Å². The van der Waals surface area contributed by atoms with Gasteiger partial charge in [-0.2, -0.15) is 5.26 Å². The van der Waals surface area contributed by atoms with E-state index in [1.54, 1.807) is 25.3 Å². The highest BCUT2D eigenvalue weighted by Gasteiger charge is 2.25. The molecule has 172 valence electrons. The molecule has 3 aromatic rings. The number of benzene rings is 2. The van der Waals surface area contributed by atoms with Gasteiger partial charge < -0.3 is 15.0 Å². The second-order valence-corrected chi connectivity index (χ2v) is 8.37. The van der Waals surface area contributed by atoms with Crippen molar-refractivity contribution in [3.05, 3.63) is 88.7 Å². The molecule has 2 amide bonds. The first-order valence-electron chi connectivity index (χ1n) is 11.2. The molecule has 1 aliphatic heterocycles. The largest absolute Gasteiger partial charge is 0.497 e. The minimum atomic E-state index is -0.343. The molecule has 2 aromatic carbocycles. The number of aryl methyl sites for hydroxylation is 1. The summed E-state index contributed by atoms with van der Waals surface area (Å²) in [7, 11) is 1.66. The predicted octanol–water partition coefficient (Wildman–Crippen LogP) is 4.54. The van der Waals surface area contributed by atoms with E-state index in [0.29, 0.717) is 35.8 Å². The van der Waals surface area contributed by atoms with Gasteiger partial charge >= 0.3 is 0 Å². The Morgan fingerprint density at radius 3 is 2.38 bits per heavy atom.